The van der Waals surface area contributed by atoms with Gasteiger partial charge in [0.15, 0.2) is 5.78 Å². The minimum atomic E-state index is 0.136. The molecule has 1 heterocycles. The predicted molar refractivity (Wildman–Crippen MR) is 63.9 cm³/mol. The third-order valence-electron chi connectivity index (χ3n) is 3.95. The van der Waals surface area contributed by atoms with Crippen molar-refractivity contribution in [3.05, 3.63) is 22.5 Å². The van der Waals surface area contributed by atoms with Crippen LogP contribution in [0.5, 0.6) is 0 Å². The van der Waals surface area contributed by atoms with Crippen LogP contribution < -0.4 is 0 Å². The molecule has 0 radical (unpaired) electrons. The van der Waals surface area contributed by atoms with Crippen LogP contribution in [0.2, 0.25) is 0 Å². The van der Waals surface area contributed by atoms with E-state index >= 15 is 0 Å². The van der Waals surface area contributed by atoms with Crippen LogP contribution in [0.3, 0.4) is 0 Å². The second-order valence-electron chi connectivity index (χ2n) is 6.08. The molecule has 16 heavy (non-hydrogen) atoms. The van der Waals surface area contributed by atoms with Gasteiger partial charge in [-0.2, -0.15) is 0 Å². The molecular formula is C14H19NO. The lowest BCUT2D eigenvalue weighted by Gasteiger charge is -2.28. The summed E-state index contributed by atoms with van der Waals surface area (Å²) < 4.78 is 0. The Bertz CT molecular complexity index is 454. The van der Waals surface area contributed by atoms with Crippen molar-refractivity contribution in [1.82, 2.24) is 4.98 Å². The van der Waals surface area contributed by atoms with Gasteiger partial charge in [0.05, 0.1) is 0 Å². The zero-order valence-electron chi connectivity index (χ0n) is 10.2. The van der Waals surface area contributed by atoms with Crippen LogP contribution >= 0.6 is 0 Å². The fourth-order valence-electron chi connectivity index (χ4n) is 3.28. The summed E-state index contributed by atoms with van der Waals surface area (Å²) in [6.07, 6.45) is 6.49. The highest BCUT2D eigenvalue weighted by atomic mass is 16.1. The van der Waals surface area contributed by atoms with Crippen molar-refractivity contribution in [3.8, 4) is 0 Å². The van der Waals surface area contributed by atoms with Gasteiger partial charge in [0.1, 0.15) is 0 Å². The van der Waals surface area contributed by atoms with Crippen LogP contribution in [0.1, 0.15) is 60.4 Å². The topological polar surface area (TPSA) is 32.9 Å². The Kier molecular flexibility index (Phi) is 2.04. The van der Waals surface area contributed by atoms with Crippen molar-refractivity contribution in [2.45, 2.75) is 52.4 Å². The van der Waals surface area contributed by atoms with Crippen molar-refractivity contribution in [2.75, 3.05) is 0 Å². The average molecular weight is 217 g/mol. The summed E-state index contributed by atoms with van der Waals surface area (Å²) in [7, 11) is 0. The first kappa shape index (κ1) is 10.1. The van der Waals surface area contributed by atoms with Crippen LogP contribution in [-0.2, 0) is 19.3 Å². The zero-order chi connectivity index (χ0) is 11.3. The second kappa shape index (κ2) is 3.22. The summed E-state index contributed by atoms with van der Waals surface area (Å²) in [4.78, 5) is 15.7. The van der Waals surface area contributed by atoms with Crippen molar-refractivity contribution in [1.29, 1.82) is 0 Å². The van der Waals surface area contributed by atoms with E-state index in [1.165, 1.54) is 29.8 Å². The molecule has 0 aromatic carbocycles. The largest absolute Gasteiger partial charge is 0.361 e. The smallest absolute Gasteiger partial charge is 0.165 e. The van der Waals surface area contributed by atoms with Crippen LogP contribution in [0.4, 0.5) is 0 Å². The minimum Gasteiger partial charge on any atom is -0.361 e. The lowest BCUT2D eigenvalue weighted by molar-refractivity contribution is 0.0910. The Morgan fingerprint density at radius 2 is 1.81 bits per heavy atom. The molecule has 1 N–H and O–H groups in total. The maximum Gasteiger partial charge on any atom is 0.165 e. The summed E-state index contributed by atoms with van der Waals surface area (Å²) in [6, 6.07) is 0. The maximum atomic E-state index is 12.2. The third-order valence-corrected chi connectivity index (χ3v) is 3.95. The standard InChI is InChI=1S/C14H19NO/c1-14(2)7-11-13(12(16)8-14)9-5-3-4-6-10(9)15-11/h15H,3-8H2,1-2H3. The Morgan fingerprint density at radius 1 is 1.06 bits per heavy atom. The molecule has 1 aromatic heterocycles. The highest BCUT2D eigenvalue weighted by molar-refractivity contribution is 6.00. The molecule has 2 nitrogen and oxygen atoms in total. The van der Waals surface area contributed by atoms with Gasteiger partial charge in [-0.25, -0.2) is 0 Å². The van der Waals surface area contributed by atoms with Crippen molar-refractivity contribution in [3.63, 3.8) is 0 Å². The quantitative estimate of drug-likeness (QED) is 0.711. The zero-order valence-corrected chi connectivity index (χ0v) is 10.2. The van der Waals surface area contributed by atoms with Gasteiger partial charge in [-0.15, -0.1) is 0 Å². The van der Waals surface area contributed by atoms with E-state index in [-0.39, 0.29) is 5.41 Å². The monoisotopic (exact) mass is 217 g/mol. The molecule has 0 saturated carbocycles. The summed E-state index contributed by atoms with van der Waals surface area (Å²) in [5, 5.41) is 0. The van der Waals surface area contributed by atoms with E-state index in [1.807, 2.05) is 0 Å². The van der Waals surface area contributed by atoms with Gasteiger partial charge < -0.3 is 4.98 Å². The number of ketones is 1. The number of aryl methyl sites for hydroxylation is 1. The van der Waals surface area contributed by atoms with Gasteiger partial charge in [0.2, 0.25) is 0 Å². The van der Waals surface area contributed by atoms with Crippen molar-refractivity contribution >= 4 is 5.78 Å². The molecule has 0 bridgehead atoms. The number of carbonyl (C=O) groups is 1. The first-order chi connectivity index (χ1) is 7.57. The molecule has 2 aliphatic carbocycles. The fourth-order valence-corrected chi connectivity index (χ4v) is 3.28. The number of hydrogen-bond acceptors (Lipinski definition) is 1. The highest BCUT2D eigenvalue weighted by Gasteiger charge is 2.35. The van der Waals surface area contributed by atoms with E-state index in [4.69, 9.17) is 0 Å². The van der Waals surface area contributed by atoms with Crippen molar-refractivity contribution < 1.29 is 4.79 Å². The molecule has 86 valence electrons. The Labute approximate surface area is 96.4 Å². The van der Waals surface area contributed by atoms with Crippen LogP contribution in [0.25, 0.3) is 0 Å². The van der Waals surface area contributed by atoms with Crippen LogP contribution in [0.15, 0.2) is 0 Å². The minimum absolute atomic E-state index is 0.136. The number of carbonyl (C=O) groups excluding carboxylic acids is 1. The summed E-state index contributed by atoms with van der Waals surface area (Å²) in [5.41, 5.74) is 5.11. The number of nitrogens with one attached hydrogen (secondary N) is 1. The molecule has 0 fully saturated rings. The SMILES string of the molecule is CC1(C)CC(=O)c2c([nH]c3c2CCCC3)C1. The molecule has 1 aromatic rings. The van der Waals surface area contributed by atoms with E-state index < -0.39 is 0 Å². The molecular weight excluding hydrogens is 198 g/mol. The molecule has 2 aliphatic rings. The Balaban J connectivity index is 2.12. The fraction of sp³-hybridized carbons (Fsp3) is 0.643. The van der Waals surface area contributed by atoms with Gasteiger partial charge in [-0.3, -0.25) is 4.79 Å². The van der Waals surface area contributed by atoms with E-state index in [0.717, 1.165) is 24.8 Å². The van der Waals surface area contributed by atoms with Crippen LogP contribution in [0, 0.1) is 5.41 Å². The molecule has 0 unspecified atom stereocenters. The lowest BCUT2D eigenvalue weighted by Crippen LogP contribution is -2.27. The first-order valence-corrected chi connectivity index (χ1v) is 6.33. The number of hydrogen-bond donors (Lipinski definition) is 1. The van der Waals surface area contributed by atoms with E-state index in [0.29, 0.717) is 12.2 Å². The molecule has 0 aliphatic heterocycles. The van der Waals surface area contributed by atoms with Crippen molar-refractivity contribution in [2.24, 2.45) is 5.41 Å². The number of rotatable bonds is 0. The summed E-state index contributed by atoms with van der Waals surface area (Å²) in [5.74, 6) is 0.366. The molecule has 0 saturated heterocycles. The first-order valence-electron chi connectivity index (χ1n) is 6.33. The normalized spacial score (nSPS) is 22.8. The molecule has 0 amide bonds. The van der Waals surface area contributed by atoms with E-state index in [2.05, 4.69) is 18.8 Å². The van der Waals surface area contributed by atoms with Crippen LogP contribution in [-0.4, -0.2) is 10.8 Å². The number of H-pyrrole nitrogens is 1. The second-order valence-corrected chi connectivity index (χ2v) is 6.08. The Hall–Kier alpha value is -1.05. The third kappa shape index (κ3) is 1.43. The molecule has 3 rings (SSSR count). The molecule has 0 spiro atoms. The molecule has 2 heteroatoms. The van der Waals surface area contributed by atoms with Gasteiger partial charge in [-0.05, 0) is 43.1 Å². The average Bonchev–Trinajstić information content (AvgIpc) is 2.52. The number of Topliss-reactive ketones (excluding diaryl/α,β-unsaturated/α-hetero) is 1. The summed E-state index contributed by atoms with van der Waals surface area (Å²) >= 11 is 0. The number of fused-ring (bicyclic) bond motifs is 3. The van der Waals surface area contributed by atoms with Gasteiger partial charge in [0.25, 0.3) is 0 Å². The van der Waals surface area contributed by atoms with E-state index in [1.54, 1.807) is 0 Å². The van der Waals surface area contributed by atoms with Gasteiger partial charge in [0, 0.05) is 23.4 Å². The van der Waals surface area contributed by atoms with E-state index in [9.17, 15) is 4.79 Å². The number of aromatic amines is 1. The number of aromatic nitrogens is 1. The summed E-state index contributed by atoms with van der Waals surface area (Å²) in [6.45, 7) is 4.38. The highest BCUT2D eigenvalue weighted by Crippen LogP contribution is 2.38. The van der Waals surface area contributed by atoms with Gasteiger partial charge >= 0.3 is 0 Å². The lowest BCUT2D eigenvalue weighted by atomic mass is 9.75. The molecule has 0 atom stereocenters. The Morgan fingerprint density at radius 3 is 2.62 bits per heavy atom. The predicted octanol–water partition coefficient (Wildman–Crippen LogP) is 3.05. The maximum absolute atomic E-state index is 12.2. The van der Waals surface area contributed by atoms with Gasteiger partial charge in [-0.1, -0.05) is 13.8 Å².